The molecule has 7 heteroatoms. The number of nitrogens with zero attached hydrogens (tertiary/aromatic N) is 1. The summed E-state index contributed by atoms with van der Waals surface area (Å²) in [5, 5.41) is 11.9. The molecule has 0 fully saturated rings. The summed E-state index contributed by atoms with van der Waals surface area (Å²) >= 11 is 0. The first-order valence-corrected chi connectivity index (χ1v) is 8.14. The highest BCUT2D eigenvalue weighted by Crippen LogP contribution is 2.59. The summed E-state index contributed by atoms with van der Waals surface area (Å²) in [5.74, 6) is 1.00. The quantitative estimate of drug-likeness (QED) is 0.593. The molecule has 2 aromatic carbocycles. The predicted octanol–water partition coefficient (Wildman–Crippen LogP) is 2.98. The van der Waals surface area contributed by atoms with Crippen molar-refractivity contribution in [2.45, 2.75) is 0 Å². The van der Waals surface area contributed by atoms with Gasteiger partial charge in [0.1, 0.15) is 0 Å². The number of ether oxygens (including phenoxy) is 4. The molecule has 3 aromatic rings. The zero-order valence-electron chi connectivity index (χ0n) is 15.2. The van der Waals surface area contributed by atoms with E-state index >= 15 is 0 Å². The first kappa shape index (κ1) is 17.0. The lowest BCUT2D eigenvalue weighted by Crippen LogP contribution is -1.98. The Hall–Kier alpha value is -3.48. The molecule has 7 nitrogen and oxygen atoms in total. The summed E-state index contributed by atoms with van der Waals surface area (Å²) in [7, 11) is 6.02. The number of rotatable bonds is 4. The summed E-state index contributed by atoms with van der Waals surface area (Å²) in [5.41, 5.74) is 1.90. The number of benzene rings is 1. The molecular formula is C20H17NO6. The van der Waals surface area contributed by atoms with Crippen LogP contribution in [-0.2, 0) is 0 Å². The Labute approximate surface area is 154 Å². The Morgan fingerprint density at radius 2 is 1.48 bits per heavy atom. The van der Waals surface area contributed by atoms with Gasteiger partial charge in [-0.2, -0.15) is 0 Å². The summed E-state index contributed by atoms with van der Waals surface area (Å²) in [6.45, 7) is 0. The van der Waals surface area contributed by atoms with Gasteiger partial charge in [-0.15, -0.1) is 0 Å². The van der Waals surface area contributed by atoms with Crippen molar-refractivity contribution >= 4 is 10.8 Å². The molecule has 0 saturated carbocycles. The van der Waals surface area contributed by atoms with E-state index in [9.17, 15) is 9.90 Å². The number of aromatic hydroxyl groups is 1. The van der Waals surface area contributed by atoms with E-state index < -0.39 is 11.2 Å². The average Bonchev–Trinajstić information content (AvgIpc) is 2.95. The van der Waals surface area contributed by atoms with Gasteiger partial charge in [0.2, 0.25) is 16.9 Å². The van der Waals surface area contributed by atoms with E-state index in [1.165, 1.54) is 27.4 Å². The second-order valence-electron chi connectivity index (χ2n) is 5.92. The highest BCUT2D eigenvalue weighted by Gasteiger charge is 2.34. The number of hydrogen-bond acceptors (Lipinski definition) is 7. The molecule has 27 heavy (non-hydrogen) atoms. The van der Waals surface area contributed by atoms with Crippen LogP contribution in [0.3, 0.4) is 0 Å². The Morgan fingerprint density at radius 1 is 0.815 bits per heavy atom. The van der Waals surface area contributed by atoms with Crippen LogP contribution in [0.5, 0.6) is 28.7 Å². The molecule has 4 rings (SSSR count). The van der Waals surface area contributed by atoms with E-state index in [1.54, 1.807) is 19.4 Å². The third kappa shape index (κ3) is 2.08. The maximum atomic E-state index is 12.1. The zero-order valence-corrected chi connectivity index (χ0v) is 15.2. The Kier molecular flexibility index (Phi) is 3.80. The molecule has 0 amide bonds. The van der Waals surface area contributed by atoms with Crippen molar-refractivity contribution in [3.8, 4) is 51.1 Å². The molecule has 1 N–H and O–H groups in total. The largest absolute Gasteiger partial charge is 0.502 e. The van der Waals surface area contributed by atoms with Gasteiger partial charge >= 0.3 is 0 Å². The minimum atomic E-state index is -0.547. The summed E-state index contributed by atoms with van der Waals surface area (Å²) < 4.78 is 22.2. The van der Waals surface area contributed by atoms with Crippen molar-refractivity contribution < 1.29 is 24.1 Å². The van der Waals surface area contributed by atoms with E-state index in [2.05, 4.69) is 4.98 Å². The van der Waals surface area contributed by atoms with Crippen LogP contribution in [0.2, 0.25) is 0 Å². The second-order valence-corrected chi connectivity index (χ2v) is 5.92. The fraction of sp³-hybridized carbons (Fsp3) is 0.200. The molecule has 0 radical (unpaired) electrons. The monoisotopic (exact) mass is 367 g/mol. The van der Waals surface area contributed by atoms with Crippen LogP contribution >= 0.6 is 0 Å². The van der Waals surface area contributed by atoms with Crippen LogP contribution in [-0.4, -0.2) is 38.5 Å². The van der Waals surface area contributed by atoms with Crippen LogP contribution in [0.15, 0.2) is 29.2 Å². The van der Waals surface area contributed by atoms with Gasteiger partial charge in [0.05, 0.1) is 39.7 Å². The van der Waals surface area contributed by atoms with Crippen molar-refractivity contribution in [2.24, 2.45) is 0 Å². The fourth-order valence-corrected chi connectivity index (χ4v) is 3.70. The van der Waals surface area contributed by atoms with E-state index in [-0.39, 0.29) is 5.75 Å². The third-order valence-electron chi connectivity index (χ3n) is 4.75. The van der Waals surface area contributed by atoms with Gasteiger partial charge < -0.3 is 24.1 Å². The normalized spacial score (nSPS) is 11.3. The van der Waals surface area contributed by atoms with Crippen LogP contribution in [0.25, 0.3) is 33.2 Å². The van der Waals surface area contributed by atoms with Crippen LogP contribution < -0.4 is 24.4 Å². The zero-order chi connectivity index (χ0) is 19.3. The fourth-order valence-electron chi connectivity index (χ4n) is 3.70. The molecule has 1 aliphatic rings. The highest BCUT2D eigenvalue weighted by molar-refractivity contribution is 6.19. The number of fused-ring (bicyclic) bond motifs is 3. The molecule has 0 unspecified atom stereocenters. The molecular weight excluding hydrogens is 350 g/mol. The van der Waals surface area contributed by atoms with Crippen molar-refractivity contribution in [3.63, 3.8) is 0 Å². The van der Waals surface area contributed by atoms with Crippen LogP contribution in [0.1, 0.15) is 0 Å². The van der Waals surface area contributed by atoms with Crippen molar-refractivity contribution in [1.82, 2.24) is 4.98 Å². The lowest BCUT2D eigenvalue weighted by Gasteiger charge is -2.17. The van der Waals surface area contributed by atoms with Crippen LogP contribution in [0, 0.1) is 0 Å². The van der Waals surface area contributed by atoms with Crippen molar-refractivity contribution in [3.05, 3.63) is 34.6 Å². The van der Waals surface area contributed by atoms with Gasteiger partial charge in [-0.05, 0) is 23.8 Å². The Bertz CT molecular complexity index is 1160. The molecule has 1 aliphatic carbocycles. The summed E-state index contributed by atoms with van der Waals surface area (Å²) in [6, 6.07) is 4.75. The highest BCUT2D eigenvalue weighted by atomic mass is 16.5. The van der Waals surface area contributed by atoms with E-state index in [0.29, 0.717) is 39.6 Å². The second kappa shape index (κ2) is 6.05. The molecule has 0 bridgehead atoms. The van der Waals surface area contributed by atoms with Gasteiger partial charge in [-0.3, -0.25) is 9.78 Å². The number of hydrogen-bond donors (Lipinski definition) is 1. The number of methoxy groups -OCH3 is 4. The van der Waals surface area contributed by atoms with Gasteiger partial charge in [-0.1, -0.05) is 0 Å². The Morgan fingerprint density at radius 3 is 2.11 bits per heavy atom. The molecule has 0 atom stereocenters. The summed E-state index contributed by atoms with van der Waals surface area (Å²) in [4.78, 5) is 16.6. The van der Waals surface area contributed by atoms with Gasteiger partial charge in [-0.25, -0.2) is 0 Å². The van der Waals surface area contributed by atoms with Crippen molar-refractivity contribution in [1.29, 1.82) is 0 Å². The van der Waals surface area contributed by atoms with E-state index in [0.717, 1.165) is 10.8 Å². The van der Waals surface area contributed by atoms with Gasteiger partial charge in [0.15, 0.2) is 17.2 Å². The van der Waals surface area contributed by atoms with Crippen molar-refractivity contribution in [2.75, 3.05) is 28.4 Å². The number of aromatic nitrogens is 1. The number of pyridine rings is 1. The smallest absolute Gasteiger partial charge is 0.224 e. The van der Waals surface area contributed by atoms with Gasteiger partial charge in [0, 0.05) is 22.5 Å². The minimum Gasteiger partial charge on any atom is -0.502 e. The SMILES string of the molecule is COc1c2c(ccc(=O)c1O)-c1c(OC)c(OC)c(OC)c3ccnc-2c13. The summed E-state index contributed by atoms with van der Waals surface area (Å²) in [6.07, 6.45) is 1.63. The van der Waals surface area contributed by atoms with Gasteiger partial charge in [0.25, 0.3) is 0 Å². The van der Waals surface area contributed by atoms with E-state index in [4.69, 9.17) is 18.9 Å². The minimum absolute atomic E-state index is 0.0659. The Balaban J connectivity index is 2.32. The lowest BCUT2D eigenvalue weighted by atomic mass is 10.0. The lowest BCUT2D eigenvalue weighted by molar-refractivity contribution is 0.328. The topological polar surface area (TPSA) is 87.1 Å². The van der Waals surface area contributed by atoms with E-state index in [1.807, 2.05) is 6.07 Å². The maximum Gasteiger partial charge on any atom is 0.224 e. The first-order valence-electron chi connectivity index (χ1n) is 8.14. The first-order chi connectivity index (χ1) is 13.1. The van der Waals surface area contributed by atoms with Crippen LogP contribution in [0.4, 0.5) is 0 Å². The molecule has 1 heterocycles. The standard InChI is InChI=1S/C20H17NO6/c1-24-17-10-7-8-21-15-12(10)13(19(26-3)20(17)27-4)9-5-6-11(22)16(23)18(25-2)14(9)15/h5-8H,1-4H3,(H,22,23). The average molecular weight is 367 g/mol. The molecule has 0 spiro atoms. The third-order valence-corrected chi connectivity index (χ3v) is 4.75. The molecule has 0 saturated heterocycles. The molecule has 1 aromatic heterocycles. The predicted molar refractivity (Wildman–Crippen MR) is 100 cm³/mol. The maximum absolute atomic E-state index is 12.1. The molecule has 0 aliphatic heterocycles. The molecule has 138 valence electrons.